The molecule has 0 radical (unpaired) electrons. The summed E-state index contributed by atoms with van der Waals surface area (Å²) in [6.45, 7) is 2.30. The first-order valence-electron chi connectivity index (χ1n) is 3.53. The van der Waals surface area contributed by atoms with Gasteiger partial charge >= 0.3 is 0 Å². The molecule has 0 N–H and O–H groups in total. The van der Waals surface area contributed by atoms with Crippen LogP contribution in [0.2, 0.25) is 0 Å². The molecule has 0 aliphatic heterocycles. The lowest BCUT2D eigenvalue weighted by Crippen LogP contribution is -1.93. The molecule has 0 heterocycles. The molecule has 0 amide bonds. The third kappa shape index (κ3) is 1.75. The van der Waals surface area contributed by atoms with Gasteiger partial charge in [0.25, 0.3) is 6.47 Å². The Kier molecular flexibility index (Phi) is 2.69. The highest BCUT2D eigenvalue weighted by Gasteiger charge is 2.02. The minimum absolute atomic E-state index is 0.386. The second kappa shape index (κ2) is 3.76. The lowest BCUT2D eigenvalue weighted by atomic mass is 10.2. The number of benzene rings is 1. The molecule has 1 aromatic rings. The molecular formula is C9H10O3. The predicted molar refractivity (Wildman–Crippen MR) is 44.4 cm³/mol. The fraction of sp³-hybridized carbons (Fsp3) is 0.222. The number of hydrogen-bond acceptors (Lipinski definition) is 3. The summed E-state index contributed by atoms with van der Waals surface area (Å²) in [5, 5.41) is 0. The van der Waals surface area contributed by atoms with Crippen LogP contribution in [0.5, 0.6) is 11.5 Å². The molecule has 0 aromatic heterocycles. The van der Waals surface area contributed by atoms with E-state index in [0.29, 0.717) is 18.0 Å². The van der Waals surface area contributed by atoms with Gasteiger partial charge in [0, 0.05) is 0 Å². The third-order valence-electron chi connectivity index (χ3n) is 1.49. The van der Waals surface area contributed by atoms with Crippen LogP contribution in [0.1, 0.15) is 5.56 Å². The minimum Gasteiger partial charge on any atom is -0.493 e. The van der Waals surface area contributed by atoms with E-state index >= 15 is 0 Å². The van der Waals surface area contributed by atoms with Crippen LogP contribution in [-0.2, 0) is 4.79 Å². The number of carbonyl (C=O) groups is 1. The molecule has 1 aromatic carbocycles. The van der Waals surface area contributed by atoms with Crippen LogP contribution in [0.4, 0.5) is 0 Å². The average molecular weight is 166 g/mol. The van der Waals surface area contributed by atoms with Gasteiger partial charge in [-0.25, -0.2) is 0 Å². The first-order chi connectivity index (χ1) is 5.77. The molecule has 12 heavy (non-hydrogen) atoms. The van der Waals surface area contributed by atoms with Crippen LogP contribution in [0.25, 0.3) is 0 Å². The summed E-state index contributed by atoms with van der Waals surface area (Å²) in [4.78, 5) is 10.1. The lowest BCUT2D eigenvalue weighted by molar-refractivity contribution is -0.120. The van der Waals surface area contributed by atoms with Crippen molar-refractivity contribution >= 4 is 6.47 Å². The molecule has 1 rings (SSSR count). The van der Waals surface area contributed by atoms with Crippen molar-refractivity contribution in [2.45, 2.75) is 6.92 Å². The summed E-state index contributed by atoms with van der Waals surface area (Å²) >= 11 is 0. The van der Waals surface area contributed by atoms with Crippen molar-refractivity contribution in [1.82, 2.24) is 0 Å². The van der Waals surface area contributed by atoms with Gasteiger partial charge in [0.15, 0.2) is 11.5 Å². The molecule has 0 atom stereocenters. The molecule has 64 valence electrons. The third-order valence-corrected chi connectivity index (χ3v) is 1.49. The van der Waals surface area contributed by atoms with E-state index in [2.05, 4.69) is 0 Å². The highest BCUT2D eigenvalue weighted by atomic mass is 16.5. The average Bonchev–Trinajstić information content (AvgIpc) is 2.05. The van der Waals surface area contributed by atoms with Crippen molar-refractivity contribution in [1.29, 1.82) is 0 Å². The summed E-state index contributed by atoms with van der Waals surface area (Å²) in [5.41, 5.74) is 1.02. The summed E-state index contributed by atoms with van der Waals surface area (Å²) < 4.78 is 9.67. The Morgan fingerprint density at radius 1 is 1.33 bits per heavy atom. The molecule has 0 spiro atoms. The molecular weight excluding hydrogens is 156 g/mol. The number of carbonyl (C=O) groups excluding carboxylic acids is 1. The summed E-state index contributed by atoms with van der Waals surface area (Å²) in [6.07, 6.45) is 0. The Bertz CT molecular complexity index is 281. The van der Waals surface area contributed by atoms with Crippen molar-refractivity contribution < 1.29 is 14.3 Å². The van der Waals surface area contributed by atoms with Crippen LogP contribution < -0.4 is 9.47 Å². The zero-order valence-electron chi connectivity index (χ0n) is 7.03. The first kappa shape index (κ1) is 8.59. The van der Waals surface area contributed by atoms with Gasteiger partial charge in [-0.05, 0) is 24.6 Å². The first-order valence-corrected chi connectivity index (χ1v) is 3.53. The minimum atomic E-state index is 0.386. The van der Waals surface area contributed by atoms with Gasteiger partial charge in [0.2, 0.25) is 0 Å². The monoisotopic (exact) mass is 166 g/mol. The molecule has 3 heteroatoms. The molecule has 0 bridgehead atoms. The van der Waals surface area contributed by atoms with Crippen molar-refractivity contribution in [3.63, 3.8) is 0 Å². The fourth-order valence-electron chi connectivity index (χ4n) is 0.928. The van der Waals surface area contributed by atoms with E-state index < -0.39 is 0 Å². The lowest BCUT2D eigenvalue weighted by Gasteiger charge is -2.05. The van der Waals surface area contributed by atoms with Crippen molar-refractivity contribution in [3.05, 3.63) is 23.8 Å². The maximum Gasteiger partial charge on any atom is 0.298 e. The Balaban J connectivity index is 3.03. The van der Waals surface area contributed by atoms with Gasteiger partial charge in [0.1, 0.15) is 0 Å². The van der Waals surface area contributed by atoms with Gasteiger partial charge in [-0.2, -0.15) is 0 Å². The number of hydrogen-bond donors (Lipinski definition) is 0. The van der Waals surface area contributed by atoms with Crippen LogP contribution in [0, 0.1) is 6.92 Å². The van der Waals surface area contributed by atoms with E-state index in [1.54, 1.807) is 12.1 Å². The molecule has 0 aliphatic rings. The SMILES string of the molecule is COc1ccc(C)cc1OC=O. The second-order valence-electron chi connectivity index (χ2n) is 2.37. The largest absolute Gasteiger partial charge is 0.493 e. The number of ether oxygens (including phenoxy) is 2. The molecule has 0 saturated heterocycles. The van der Waals surface area contributed by atoms with Crippen molar-refractivity contribution in [3.8, 4) is 11.5 Å². The van der Waals surface area contributed by atoms with Gasteiger partial charge in [-0.3, -0.25) is 4.79 Å². The normalized spacial score (nSPS) is 9.17. The maximum absolute atomic E-state index is 10.1. The van der Waals surface area contributed by atoms with Crippen molar-refractivity contribution in [2.75, 3.05) is 7.11 Å². The zero-order chi connectivity index (χ0) is 8.97. The highest BCUT2D eigenvalue weighted by Crippen LogP contribution is 2.26. The second-order valence-corrected chi connectivity index (χ2v) is 2.37. The molecule has 0 saturated carbocycles. The number of aryl methyl sites for hydroxylation is 1. The van der Waals surface area contributed by atoms with E-state index in [0.717, 1.165) is 5.56 Å². The predicted octanol–water partition coefficient (Wildman–Crippen LogP) is 1.54. The van der Waals surface area contributed by atoms with Crippen LogP contribution in [0.15, 0.2) is 18.2 Å². The summed E-state index contributed by atoms with van der Waals surface area (Å²) in [7, 11) is 1.53. The van der Waals surface area contributed by atoms with E-state index in [1.165, 1.54) is 7.11 Å². The Hall–Kier alpha value is -1.51. The van der Waals surface area contributed by atoms with Crippen LogP contribution in [-0.4, -0.2) is 13.6 Å². The smallest absolute Gasteiger partial charge is 0.298 e. The highest BCUT2D eigenvalue weighted by molar-refractivity contribution is 5.51. The van der Waals surface area contributed by atoms with Crippen molar-refractivity contribution in [2.24, 2.45) is 0 Å². The van der Waals surface area contributed by atoms with E-state index in [4.69, 9.17) is 9.47 Å². The molecule has 0 unspecified atom stereocenters. The zero-order valence-corrected chi connectivity index (χ0v) is 7.03. The van der Waals surface area contributed by atoms with Gasteiger partial charge in [-0.1, -0.05) is 6.07 Å². The van der Waals surface area contributed by atoms with Gasteiger partial charge in [-0.15, -0.1) is 0 Å². The van der Waals surface area contributed by atoms with E-state index in [1.807, 2.05) is 13.0 Å². The Morgan fingerprint density at radius 2 is 2.08 bits per heavy atom. The number of methoxy groups -OCH3 is 1. The standard InChI is InChI=1S/C9H10O3/c1-7-3-4-8(11-2)9(5-7)12-6-10/h3-6H,1-2H3. The topological polar surface area (TPSA) is 35.5 Å². The molecule has 0 aliphatic carbocycles. The van der Waals surface area contributed by atoms with E-state index in [-0.39, 0.29) is 0 Å². The molecule has 3 nitrogen and oxygen atoms in total. The summed E-state index contributed by atoms with van der Waals surface area (Å²) in [6, 6.07) is 5.39. The Morgan fingerprint density at radius 3 is 2.67 bits per heavy atom. The van der Waals surface area contributed by atoms with Crippen LogP contribution in [0.3, 0.4) is 0 Å². The molecule has 0 fully saturated rings. The summed E-state index contributed by atoms with van der Waals surface area (Å²) in [5.74, 6) is 1.01. The van der Waals surface area contributed by atoms with Crippen LogP contribution >= 0.6 is 0 Å². The maximum atomic E-state index is 10.1. The van der Waals surface area contributed by atoms with E-state index in [9.17, 15) is 4.79 Å². The van der Waals surface area contributed by atoms with Gasteiger partial charge < -0.3 is 9.47 Å². The Labute approximate surface area is 70.9 Å². The quantitative estimate of drug-likeness (QED) is 0.639. The number of rotatable bonds is 3. The fourth-order valence-corrected chi connectivity index (χ4v) is 0.928. The van der Waals surface area contributed by atoms with Gasteiger partial charge in [0.05, 0.1) is 7.11 Å².